The molecule has 1 saturated carbocycles. The molecule has 2 aliphatic rings. The highest BCUT2D eigenvalue weighted by atomic mass is 16.5. The van der Waals surface area contributed by atoms with Gasteiger partial charge in [0.15, 0.2) is 5.96 Å². The molecule has 0 bridgehead atoms. The highest BCUT2D eigenvalue weighted by Crippen LogP contribution is 2.20. The summed E-state index contributed by atoms with van der Waals surface area (Å²) in [5.74, 6) is 0.882. The lowest BCUT2D eigenvalue weighted by atomic mass is 9.98. The third-order valence-corrected chi connectivity index (χ3v) is 5.10. The number of ether oxygens (including phenoxy) is 3. The van der Waals surface area contributed by atoms with Crippen LogP contribution in [0, 0.1) is 0 Å². The van der Waals surface area contributed by atoms with Crippen LogP contribution in [0.15, 0.2) is 4.99 Å². The van der Waals surface area contributed by atoms with Crippen LogP contribution in [-0.4, -0.2) is 64.7 Å². The van der Waals surface area contributed by atoms with E-state index >= 15 is 0 Å². The summed E-state index contributed by atoms with van der Waals surface area (Å²) in [4.78, 5) is 4.27. The Morgan fingerprint density at radius 2 is 1.62 bits per heavy atom. The van der Waals surface area contributed by atoms with Gasteiger partial charge in [-0.25, -0.2) is 0 Å². The van der Waals surface area contributed by atoms with Gasteiger partial charge in [0.05, 0.1) is 18.8 Å². The smallest absolute Gasteiger partial charge is 0.190 e. The van der Waals surface area contributed by atoms with E-state index in [-0.39, 0.29) is 0 Å². The molecule has 0 amide bonds. The van der Waals surface area contributed by atoms with Crippen LogP contribution >= 0.6 is 0 Å². The van der Waals surface area contributed by atoms with Crippen LogP contribution in [0.2, 0.25) is 0 Å². The fraction of sp³-hybridized carbons (Fsp3) is 0.950. The molecule has 2 fully saturated rings. The van der Waals surface area contributed by atoms with Crippen LogP contribution < -0.4 is 10.6 Å². The van der Waals surface area contributed by atoms with Crippen molar-refractivity contribution in [2.24, 2.45) is 4.99 Å². The van der Waals surface area contributed by atoms with E-state index in [4.69, 9.17) is 14.2 Å². The molecular weight excluding hydrogens is 330 g/mol. The molecule has 0 aromatic carbocycles. The molecule has 0 aromatic heterocycles. The average Bonchev–Trinajstić information content (AvgIpc) is 3.19. The molecule has 0 aromatic rings. The van der Waals surface area contributed by atoms with Gasteiger partial charge in [0.25, 0.3) is 0 Å². The predicted molar refractivity (Wildman–Crippen MR) is 106 cm³/mol. The molecule has 2 rings (SSSR count). The number of hydrogen-bond donors (Lipinski definition) is 2. The van der Waals surface area contributed by atoms with Crippen molar-refractivity contribution >= 4 is 5.96 Å². The van der Waals surface area contributed by atoms with Crippen LogP contribution in [0.4, 0.5) is 0 Å². The van der Waals surface area contributed by atoms with Crippen molar-refractivity contribution in [3.63, 3.8) is 0 Å². The molecule has 0 spiro atoms. The first-order valence-corrected chi connectivity index (χ1v) is 10.6. The standard InChI is InChI=1S/C20H39N3O3/c1-21-20(23-13-8-15-26-19-11-16-24-17-19)22-12-6-3-7-14-25-18-9-4-2-5-10-18/h18-19H,2-17H2,1H3,(H2,21,22,23). The van der Waals surface area contributed by atoms with Crippen molar-refractivity contribution in [2.45, 2.75) is 76.4 Å². The SMILES string of the molecule is CN=C(NCCCCCOC1CCCCC1)NCCCOC1CCOC1. The molecule has 1 unspecified atom stereocenters. The summed E-state index contributed by atoms with van der Waals surface area (Å²) >= 11 is 0. The summed E-state index contributed by atoms with van der Waals surface area (Å²) in [5.41, 5.74) is 0. The third-order valence-electron chi connectivity index (χ3n) is 5.10. The zero-order chi connectivity index (χ0) is 18.3. The second-order valence-corrected chi connectivity index (χ2v) is 7.33. The van der Waals surface area contributed by atoms with Gasteiger partial charge in [-0.05, 0) is 44.9 Å². The molecule has 152 valence electrons. The van der Waals surface area contributed by atoms with Gasteiger partial charge in [-0.1, -0.05) is 19.3 Å². The van der Waals surface area contributed by atoms with Gasteiger partial charge >= 0.3 is 0 Å². The molecule has 1 aliphatic carbocycles. The van der Waals surface area contributed by atoms with E-state index in [0.717, 1.165) is 71.2 Å². The first kappa shape index (κ1) is 21.5. The highest BCUT2D eigenvalue weighted by molar-refractivity contribution is 5.79. The van der Waals surface area contributed by atoms with Crippen LogP contribution in [0.1, 0.15) is 64.2 Å². The van der Waals surface area contributed by atoms with Crippen molar-refractivity contribution in [3.05, 3.63) is 0 Å². The van der Waals surface area contributed by atoms with Crippen LogP contribution in [0.3, 0.4) is 0 Å². The highest BCUT2D eigenvalue weighted by Gasteiger charge is 2.15. The quantitative estimate of drug-likeness (QED) is 0.315. The molecule has 0 radical (unpaired) electrons. The second-order valence-electron chi connectivity index (χ2n) is 7.33. The Balaban J connectivity index is 1.36. The number of unbranched alkanes of at least 4 members (excludes halogenated alkanes) is 2. The molecule has 26 heavy (non-hydrogen) atoms. The summed E-state index contributed by atoms with van der Waals surface area (Å²) in [5, 5.41) is 6.72. The number of guanidine groups is 1. The largest absolute Gasteiger partial charge is 0.379 e. The normalized spacial score (nSPS) is 21.9. The van der Waals surface area contributed by atoms with Crippen LogP contribution in [-0.2, 0) is 14.2 Å². The first-order chi connectivity index (χ1) is 12.9. The topological polar surface area (TPSA) is 64.1 Å². The fourth-order valence-electron chi connectivity index (χ4n) is 3.49. The molecule has 6 nitrogen and oxygen atoms in total. The Hall–Kier alpha value is -0.850. The van der Waals surface area contributed by atoms with Crippen molar-refractivity contribution in [2.75, 3.05) is 46.6 Å². The van der Waals surface area contributed by atoms with E-state index in [1.54, 1.807) is 0 Å². The van der Waals surface area contributed by atoms with Gasteiger partial charge in [0.1, 0.15) is 0 Å². The number of hydrogen-bond acceptors (Lipinski definition) is 4. The lowest BCUT2D eigenvalue weighted by molar-refractivity contribution is 0.0264. The fourth-order valence-corrected chi connectivity index (χ4v) is 3.49. The number of rotatable bonds is 12. The lowest BCUT2D eigenvalue weighted by Gasteiger charge is -2.21. The van der Waals surface area contributed by atoms with Crippen molar-refractivity contribution < 1.29 is 14.2 Å². The third kappa shape index (κ3) is 9.74. The van der Waals surface area contributed by atoms with E-state index in [1.165, 1.54) is 38.5 Å². The van der Waals surface area contributed by atoms with Gasteiger partial charge in [-0.3, -0.25) is 4.99 Å². The van der Waals surface area contributed by atoms with Gasteiger partial charge in [0.2, 0.25) is 0 Å². The molecule has 1 atom stereocenters. The second kappa shape index (κ2) is 14.2. The number of nitrogens with one attached hydrogen (secondary N) is 2. The molecule has 1 saturated heterocycles. The maximum Gasteiger partial charge on any atom is 0.190 e. The van der Waals surface area contributed by atoms with Crippen molar-refractivity contribution in [3.8, 4) is 0 Å². The van der Waals surface area contributed by atoms with Crippen molar-refractivity contribution in [1.29, 1.82) is 0 Å². The van der Waals surface area contributed by atoms with Crippen molar-refractivity contribution in [1.82, 2.24) is 10.6 Å². The van der Waals surface area contributed by atoms with Crippen LogP contribution in [0.25, 0.3) is 0 Å². The maximum absolute atomic E-state index is 5.97. The predicted octanol–water partition coefficient (Wildman–Crippen LogP) is 2.87. The Morgan fingerprint density at radius 1 is 0.885 bits per heavy atom. The van der Waals surface area contributed by atoms with E-state index in [1.807, 2.05) is 7.05 Å². The van der Waals surface area contributed by atoms with E-state index < -0.39 is 0 Å². The molecule has 1 heterocycles. The Labute approximate surface area is 159 Å². The molecule has 6 heteroatoms. The van der Waals surface area contributed by atoms with Gasteiger partial charge in [0, 0.05) is 40.0 Å². The number of nitrogens with zero attached hydrogens (tertiary/aromatic N) is 1. The van der Waals surface area contributed by atoms with E-state index in [9.17, 15) is 0 Å². The Bertz CT molecular complexity index is 367. The minimum Gasteiger partial charge on any atom is -0.379 e. The maximum atomic E-state index is 5.97. The summed E-state index contributed by atoms with van der Waals surface area (Å²) in [6.07, 6.45) is 13.0. The zero-order valence-corrected chi connectivity index (χ0v) is 16.6. The Kier molecular flexibility index (Phi) is 11.7. The number of aliphatic imine (C=N–C) groups is 1. The van der Waals surface area contributed by atoms with Gasteiger partial charge in [-0.2, -0.15) is 0 Å². The summed E-state index contributed by atoms with van der Waals surface area (Å²) < 4.78 is 17.0. The summed E-state index contributed by atoms with van der Waals surface area (Å²) in [6, 6.07) is 0. The Morgan fingerprint density at radius 3 is 2.35 bits per heavy atom. The summed E-state index contributed by atoms with van der Waals surface area (Å²) in [6.45, 7) is 5.12. The van der Waals surface area contributed by atoms with Gasteiger partial charge in [-0.15, -0.1) is 0 Å². The van der Waals surface area contributed by atoms with E-state index in [2.05, 4.69) is 15.6 Å². The summed E-state index contributed by atoms with van der Waals surface area (Å²) in [7, 11) is 1.82. The zero-order valence-electron chi connectivity index (χ0n) is 16.6. The first-order valence-electron chi connectivity index (χ1n) is 10.6. The minimum atomic E-state index is 0.300. The van der Waals surface area contributed by atoms with Crippen LogP contribution in [0.5, 0.6) is 0 Å². The minimum absolute atomic E-state index is 0.300. The molecular formula is C20H39N3O3. The average molecular weight is 370 g/mol. The van der Waals surface area contributed by atoms with E-state index in [0.29, 0.717) is 12.2 Å². The van der Waals surface area contributed by atoms with Gasteiger partial charge < -0.3 is 24.8 Å². The molecule has 2 N–H and O–H groups in total. The lowest BCUT2D eigenvalue weighted by Crippen LogP contribution is -2.38. The monoisotopic (exact) mass is 369 g/mol. The molecule has 1 aliphatic heterocycles.